The molecule has 0 aliphatic carbocycles. The molecule has 0 aromatic rings. The molecule has 0 aliphatic heterocycles. The fourth-order valence-electron chi connectivity index (χ4n) is 0.174. The van der Waals surface area contributed by atoms with Crippen LogP contribution >= 0.6 is 0 Å². The first-order valence-electron chi connectivity index (χ1n) is 1.92. The Kier molecular flexibility index (Phi) is 7.20. The van der Waals surface area contributed by atoms with E-state index in [1.807, 2.05) is 0 Å². The average molecular weight is 311 g/mol. The van der Waals surface area contributed by atoms with Gasteiger partial charge in [-0.1, -0.05) is 6.58 Å². The van der Waals surface area contributed by atoms with Gasteiger partial charge < -0.3 is 4.74 Å². The van der Waals surface area contributed by atoms with E-state index in [2.05, 4.69) is 11.3 Å². The molecule has 0 saturated carbocycles. The Labute approximate surface area is 68.4 Å². The molecule has 0 radical (unpaired) electrons. The minimum absolute atomic E-state index is 0. The summed E-state index contributed by atoms with van der Waals surface area (Å²) < 4.78 is 4.27. The van der Waals surface area contributed by atoms with Crippen LogP contribution in [-0.4, -0.2) is 39.6 Å². The summed E-state index contributed by atoms with van der Waals surface area (Å²) >= 11 is 0. The summed E-state index contributed by atoms with van der Waals surface area (Å²) in [5.41, 5.74) is 0.433. The van der Waals surface area contributed by atoms with Crippen LogP contribution in [0.5, 0.6) is 0 Å². The molecule has 0 amide bonds. The first-order valence-corrected chi connectivity index (χ1v) is 1.92. The van der Waals surface area contributed by atoms with Gasteiger partial charge in [-0.3, -0.25) is 0 Å². The van der Waals surface area contributed by atoms with Gasteiger partial charge in [-0.05, 0) is 6.92 Å². The topological polar surface area (TPSA) is 26.3 Å². The molecular formula is C5H10O2Po. The Morgan fingerprint density at radius 3 is 2.00 bits per heavy atom. The number of carbonyl (C=O) groups is 1. The van der Waals surface area contributed by atoms with Crippen LogP contribution in [0.3, 0.4) is 0 Å². The summed E-state index contributed by atoms with van der Waals surface area (Å²) in [7, 11) is 1.33. The van der Waals surface area contributed by atoms with E-state index in [1.165, 1.54) is 7.11 Å². The van der Waals surface area contributed by atoms with Crippen molar-refractivity contribution in [3.8, 4) is 0 Å². The second kappa shape index (κ2) is 5.25. The third-order valence-electron chi connectivity index (χ3n) is 0.534. The molecule has 48 valence electrons. The Balaban J connectivity index is 0. The van der Waals surface area contributed by atoms with Crippen molar-refractivity contribution in [1.82, 2.24) is 0 Å². The number of carbonyl (C=O) groups excluding carboxylic acids is 1. The van der Waals surface area contributed by atoms with Crippen molar-refractivity contribution in [3.63, 3.8) is 0 Å². The van der Waals surface area contributed by atoms with E-state index in [-0.39, 0.29) is 32.5 Å². The fourth-order valence-corrected chi connectivity index (χ4v) is 0.174. The van der Waals surface area contributed by atoms with Crippen LogP contribution in [0.25, 0.3) is 0 Å². The summed E-state index contributed by atoms with van der Waals surface area (Å²) in [6.45, 7) is 4.95. The van der Waals surface area contributed by atoms with Crippen LogP contribution in [0.15, 0.2) is 12.2 Å². The molecule has 0 unspecified atom stereocenters. The first-order chi connectivity index (χ1) is 3.18. The van der Waals surface area contributed by atoms with Gasteiger partial charge in [0.25, 0.3) is 0 Å². The van der Waals surface area contributed by atoms with Crippen molar-refractivity contribution in [2.75, 3.05) is 7.11 Å². The fraction of sp³-hybridized carbons (Fsp3) is 0.400. The van der Waals surface area contributed by atoms with Gasteiger partial charge >= 0.3 is 32.5 Å². The first kappa shape index (κ1) is 11.0. The normalized spacial score (nSPS) is 6.75. The Hall–Kier alpha value is 0.106. The molecule has 0 aliphatic rings. The van der Waals surface area contributed by atoms with E-state index in [0.29, 0.717) is 5.57 Å². The third-order valence-corrected chi connectivity index (χ3v) is 0.534. The standard InChI is InChI=1S/C5H8O2.Po.2H/c1-4(2)5(6)7-3;;;/h1H2,2-3H3;;;. The van der Waals surface area contributed by atoms with E-state index >= 15 is 0 Å². The molecule has 0 rings (SSSR count). The summed E-state index contributed by atoms with van der Waals surface area (Å²) in [5, 5.41) is 0. The number of ether oxygens (including phenoxy) is 1. The maximum absolute atomic E-state index is 10.2. The number of methoxy groups -OCH3 is 1. The van der Waals surface area contributed by atoms with Gasteiger partial charge in [0.2, 0.25) is 0 Å². The van der Waals surface area contributed by atoms with Crippen molar-refractivity contribution < 1.29 is 9.53 Å². The number of hydrogen-bond acceptors (Lipinski definition) is 2. The Bertz CT molecular complexity index is 98.6. The van der Waals surface area contributed by atoms with E-state index in [0.717, 1.165) is 0 Å². The molecule has 8 heavy (non-hydrogen) atoms. The third kappa shape index (κ3) is 4.27. The van der Waals surface area contributed by atoms with Crippen molar-refractivity contribution >= 4 is 32.5 Å². The molecule has 0 N–H and O–H groups in total. The van der Waals surface area contributed by atoms with E-state index in [4.69, 9.17) is 0 Å². The van der Waals surface area contributed by atoms with Gasteiger partial charge in [0.15, 0.2) is 0 Å². The van der Waals surface area contributed by atoms with Crippen LogP contribution in [-0.2, 0) is 9.53 Å². The minimum atomic E-state index is -0.347. The van der Waals surface area contributed by atoms with Crippen molar-refractivity contribution in [2.24, 2.45) is 0 Å². The van der Waals surface area contributed by atoms with Crippen molar-refractivity contribution in [3.05, 3.63) is 12.2 Å². The van der Waals surface area contributed by atoms with Gasteiger partial charge in [0, 0.05) is 5.57 Å². The van der Waals surface area contributed by atoms with Gasteiger partial charge in [-0.2, -0.15) is 0 Å². The van der Waals surface area contributed by atoms with Crippen molar-refractivity contribution in [1.29, 1.82) is 0 Å². The van der Waals surface area contributed by atoms with Crippen LogP contribution in [0, 0.1) is 0 Å². The summed E-state index contributed by atoms with van der Waals surface area (Å²) in [5.74, 6) is -0.347. The van der Waals surface area contributed by atoms with Crippen molar-refractivity contribution in [2.45, 2.75) is 6.92 Å². The second-order valence-electron chi connectivity index (χ2n) is 1.27. The average Bonchev–Trinajstić information content (AvgIpc) is 1.65. The summed E-state index contributed by atoms with van der Waals surface area (Å²) in [6.07, 6.45) is 0. The monoisotopic (exact) mass is 311 g/mol. The molecule has 0 heterocycles. The quantitative estimate of drug-likeness (QED) is 0.496. The van der Waals surface area contributed by atoms with Gasteiger partial charge in [0.05, 0.1) is 7.11 Å². The molecule has 0 bridgehead atoms. The molecule has 0 spiro atoms. The van der Waals surface area contributed by atoms with Gasteiger partial charge in [0.1, 0.15) is 0 Å². The van der Waals surface area contributed by atoms with Crippen LogP contribution in [0.2, 0.25) is 0 Å². The zero-order valence-electron chi connectivity index (χ0n) is 5.02. The number of hydrogen-bond donors (Lipinski definition) is 0. The molecule has 2 nitrogen and oxygen atoms in total. The molecule has 0 aromatic carbocycles. The molecule has 0 saturated heterocycles. The molecule has 0 atom stereocenters. The van der Waals surface area contributed by atoms with Gasteiger partial charge in [-0.15, -0.1) is 0 Å². The zero-order valence-corrected chi connectivity index (χ0v) is 8.91. The summed E-state index contributed by atoms with van der Waals surface area (Å²) in [4.78, 5) is 10.2. The molecule has 0 fully saturated rings. The number of esters is 1. The van der Waals surface area contributed by atoms with Gasteiger partial charge in [-0.25, -0.2) is 4.79 Å². The Morgan fingerprint density at radius 1 is 1.62 bits per heavy atom. The van der Waals surface area contributed by atoms with Crippen LogP contribution < -0.4 is 0 Å². The zero-order chi connectivity index (χ0) is 5.86. The predicted molar refractivity (Wildman–Crippen MR) is 35.4 cm³/mol. The second-order valence-corrected chi connectivity index (χ2v) is 1.27. The molecule has 0 aromatic heterocycles. The summed E-state index contributed by atoms with van der Waals surface area (Å²) in [6, 6.07) is 0. The van der Waals surface area contributed by atoms with E-state index in [1.54, 1.807) is 6.92 Å². The molecular weight excluding hydrogens is 301 g/mol. The molecule has 3 heteroatoms. The predicted octanol–water partition coefficient (Wildman–Crippen LogP) is -0.181. The van der Waals surface area contributed by atoms with Crippen LogP contribution in [0.4, 0.5) is 0 Å². The SMILES string of the molecule is C=C(C)C(=O)OC.[PoH2]. The Morgan fingerprint density at radius 2 is 2.00 bits per heavy atom. The van der Waals surface area contributed by atoms with Crippen LogP contribution in [0.1, 0.15) is 6.92 Å². The van der Waals surface area contributed by atoms with E-state index < -0.39 is 0 Å². The number of rotatable bonds is 1. The maximum atomic E-state index is 10.2. The van der Waals surface area contributed by atoms with E-state index in [9.17, 15) is 4.79 Å².